The van der Waals surface area contributed by atoms with Crippen LogP contribution in [0.1, 0.15) is 11.5 Å². The van der Waals surface area contributed by atoms with Crippen molar-refractivity contribution in [3.05, 3.63) is 17.6 Å². The van der Waals surface area contributed by atoms with Gasteiger partial charge in [-0.25, -0.2) is 0 Å². The van der Waals surface area contributed by atoms with Gasteiger partial charge in [0.05, 0.1) is 12.4 Å². The zero-order chi connectivity index (χ0) is 14.5. The highest BCUT2D eigenvalue weighted by Crippen LogP contribution is 2.40. The molecule has 20 heavy (non-hydrogen) atoms. The number of carbonyl (C=O) groups excluding carboxylic acids is 1. The Kier molecular flexibility index (Phi) is 3.02. The fourth-order valence-electron chi connectivity index (χ4n) is 2.69. The summed E-state index contributed by atoms with van der Waals surface area (Å²) in [6.07, 6.45) is -4.61. The minimum atomic E-state index is -4.61. The summed E-state index contributed by atoms with van der Waals surface area (Å²) in [6, 6.07) is 0.882. The highest BCUT2D eigenvalue weighted by atomic mass is 19.4. The van der Waals surface area contributed by atoms with Crippen LogP contribution in [0.2, 0.25) is 0 Å². The Morgan fingerprint density at radius 1 is 1.45 bits per heavy atom. The number of fused-ring (bicyclic) bond motifs is 1. The second-order valence-electron chi connectivity index (χ2n) is 5.01. The maximum atomic E-state index is 13.0. The van der Waals surface area contributed by atoms with E-state index in [1.165, 1.54) is 13.0 Å². The van der Waals surface area contributed by atoms with E-state index in [9.17, 15) is 18.0 Å². The molecule has 0 spiro atoms. The SMILES string of the molecule is Cc1cc(N2CN3CCNCC3C2=O)c(C(F)(F)F)o1. The lowest BCUT2D eigenvalue weighted by Crippen LogP contribution is -2.50. The lowest BCUT2D eigenvalue weighted by molar-refractivity contribution is -0.152. The third kappa shape index (κ3) is 2.08. The van der Waals surface area contributed by atoms with Gasteiger partial charge in [-0.1, -0.05) is 0 Å². The van der Waals surface area contributed by atoms with Crippen molar-refractivity contribution in [1.29, 1.82) is 0 Å². The van der Waals surface area contributed by atoms with Crippen molar-refractivity contribution < 1.29 is 22.4 Å². The van der Waals surface area contributed by atoms with Crippen LogP contribution in [0.25, 0.3) is 0 Å². The van der Waals surface area contributed by atoms with Crippen molar-refractivity contribution in [2.24, 2.45) is 0 Å². The molecule has 110 valence electrons. The first-order valence-electron chi connectivity index (χ1n) is 6.31. The van der Waals surface area contributed by atoms with E-state index in [2.05, 4.69) is 5.32 Å². The molecule has 1 unspecified atom stereocenters. The van der Waals surface area contributed by atoms with Crippen molar-refractivity contribution in [2.45, 2.75) is 19.1 Å². The molecule has 0 aliphatic carbocycles. The molecular formula is C12H14F3N3O2. The second-order valence-corrected chi connectivity index (χ2v) is 5.01. The summed E-state index contributed by atoms with van der Waals surface area (Å²) in [7, 11) is 0. The predicted molar refractivity (Wildman–Crippen MR) is 64.2 cm³/mol. The summed E-state index contributed by atoms with van der Waals surface area (Å²) < 4.78 is 43.6. The fraction of sp³-hybridized carbons (Fsp3) is 0.583. The molecule has 2 aliphatic rings. The van der Waals surface area contributed by atoms with Gasteiger partial charge in [-0.3, -0.25) is 14.6 Å². The van der Waals surface area contributed by atoms with Crippen molar-refractivity contribution in [3.63, 3.8) is 0 Å². The van der Waals surface area contributed by atoms with Crippen LogP contribution in [0.3, 0.4) is 0 Å². The third-order valence-electron chi connectivity index (χ3n) is 3.61. The Labute approximate surface area is 113 Å². The summed E-state index contributed by atoms with van der Waals surface area (Å²) in [5.74, 6) is -1.28. The van der Waals surface area contributed by atoms with Gasteiger partial charge in [0.1, 0.15) is 11.8 Å². The van der Waals surface area contributed by atoms with E-state index in [-0.39, 0.29) is 30.1 Å². The summed E-state index contributed by atoms with van der Waals surface area (Å²) >= 11 is 0. The van der Waals surface area contributed by atoms with Gasteiger partial charge in [0.25, 0.3) is 0 Å². The van der Waals surface area contributed by atoms with Crippen LogP contribution in [0.15, 0.2) is 10.5 Å². The number of carbonyl (C=O) groups is 1. The number of halogens is 3. The van der Waals surface area contributed by atoms with Crippen LogP contribution in [-0.2, 0) is 11.0 Å². The number of alkyl halides is 3. The zero-order valence-electron chi connectivity index (χ0n) is 10.8. The molecule has 2 saturated heterocycles. The van der Waals surface area contributed by atoms with Gasteiger partial charge in [-0.05, 0) is 6.92 Å². The molecule has 2 fully saturated rings. The van der Waals surface area contributed by atoms with Gasteiger partial charge in [-0.15, -0.1) is 0 Å². The lowest BCUT2D eigenvalue weighted by Gasteiger charge is -2.26. The van der Waals surface area contributed by atoms with Crippen molar-refractivity contribution in [1.82, 2.24) is 10.2 Å². The van der Waals surface area contributed by atoms with Gasteiger partial charge < -0.3 is 9.73 Å². The lowest BCUT2D eigenvalue weighted by atomic mass is 10.2. The number of amides is 1. The quantitative estimate of drug-likeness (QED) is 0.843. The number of rotatable bonds is 1. The number of anilines is 1. The predicted octanol–water partition coefficient (Wildman–Crippen LogP) is 1.18. The average molecular weight is 289 g/mol. The Morgan fingerprint density at radius 3 is 2.85 bits per heavy atom. The molecule has 0 saturated carbocycles. The highest BCUT2D eigenvalue weighted by Gasteiger charge is 2.46. The van der Waals surface area contributed by atoms with E-state index >= 15 is 0 Å². The van der Waals surface area contributed by atoms with Crippen LogP contribution >= 0.6 is 0 Å². The molecule has 0 bridgehead atoms. The second kappa shape index (κ2) is 4.49. The van der Waals surface area contributed by atoms with E-state index in [0.717, 1.165) is 11.4 Å². The maximum Gasteiger partial charge on any atom is 0.451 e. The van der Waals surface area contributed by atoms with Crippen molar-refractivity contribution in [3.8, 4) is 0 Å². The zero-order valence-corrected chi connectivity index (χ0v) is 10.8. The molecule has 3 rings (SSSR count). The van der Waals surface area contributed by atoms with Crippen LogP contribution in [0.4, 0.5) is 18.9 Å². The highest BCUT2D eigenvalue weighted by molar-refractivity contribution is 6.00. The first-order valence-corrected chi connectivity index (χ1v) is 6.31. The molecule has 8 heteroatoms. The van der Waals surface area contributed by atoms with E-state index in [1.54, 1.807) is 0 Å². The largest absolute Gasteiger partial charge is 0.455 e. The molecule has 1 aromatic heterocycles. The Hall–Kier alpha value is -1.54. The smallest absolute Gasteiger partial charge is 0.451 e. The number of piperazine rings is 1. The molecule has 1 amide bonds. The first-order chi connectivity index (χ1) is 9.38. The van der Waals surface area contributed by atoms with E-state index in [1.807, 2.05) is 4.90 Å². The number of hydrogen-bond donors (Lipinski definition) is 1. The number of nitrogens with one attached hydrogen (secondary N) is 1. The van der Waals surface area contributed by atoms with Gasteiger partial charge in [0.15, 0.2) is 0 Å². The summed E-state index contributed by atoms with van der Waals surface area (Å²) in [5.41, 5.74) is -0.186. The molecule has 0 radical (unpaired) electrons. The number of aryl methyl sites for hydroxylation is 1. The topological polar surface area (TPSA) is 48.7 Å². The van der Waals surface area contributed by atoms with Gasteiger partial charge >= 0.3 is 6.18 Å². The summed E-state index contributed by atoms with van der Waals surface area (Å²) in [5, 5.41) is 3.07. The monoisotopic (exact) mass is 289 g/mol. The van der Waals surface area contributed by atoms with Crippen molar-refractivity contribution in [2.75, 3.05) is 31.2 Å². The third-order valence-corrected chi connectivity index (χ3v) is 3.61. The minimum Gasteiger partial charge on any atom is -0.455 e. The normalized spacial score (nSPS) is 24.3. The molecule has 2 aliphatic heterocycles. The Balaban J connectivity index is 1.96. The molecule has 3 heterocycles. The minimum absolute atomic E-state index is 0.142. The fourth-order valence-corrected chi connectivity index (χ4v) is 2.69. The number of hydrogen-bond acceptors (Lipinski definition) is 4. The van der Waals surface area contributed by atoms with Gasteiger partial charge in [0, 0.05) is 25.7 Å². The molecule has 1 aromatic rings. The van der Waals surface area contributed by atoms with E-state index in [0.29, 0.717) is 13.1 Å². The van der Waals surface area contributed by atoms with Gasteiger partial charge in [0.2, 0.25) is 11.7 Å². The number of nitrogens with zero attached hydrogens (tertiary/aromatic N) is 2. The van der Waals surface area contributed by atoms with Crippen LogP contribution in [0.5, 0.6) is 0 Å². The van der Waals surface area contributed by atoms with E-state index < -0.39 is 11.9 Å². The average Bonchev–Trinajstić information content (AvgIpc) is 2.91. The number of furan rings is 1. The maximum absolute atomic E-state index is 13.0. The molecule has 5 nitrogen and oxygen atoms in total. The standard InChI is InChI=1S/C12H14F3N3O2/c1-7-4-8(10(20-7)12(13,14)15)18-6-17-3-2-16-5-9(17)11(18)19/h4,9,16H,2-3,5-6H2,1H3. The Bertz CT molecular complexity index is 541. The van der Waals surface area contributed by atoms with E-state index in [4.69, 9.17) is 4.42 Å². The molecular weight excluding hydrogens is 275 g/mol. The summed E-state index contributed by atoms with van der Waals surface area (Å²) in [6.45, 7) is 3.45. The molecule has 1 atom stereocenters. The van der Waals surface area contributed by atoms with Crippen molar-refractivity contribution >= 4 is 11.6 Å². The molecule has 0 aromatic carbocycles. The Morgan fingerprint density at radius 2 is 2.20 bits per heavy atom. The molecule has 1 N–H and O–H groups in total. The van der Waals surface area contributed by atoms with Gasteiger partial charge in [-0.2, -0.15) is 13.2 Å². The van der Waals surface area contributed by atoms with Crippen LogP contribution in [0, 0.1) is 6.92 Å². The summed E-state index contributed by atoms with van der Waals surface area (Å²) in [4.78, 5) is 15.3. The van der Waals surface area contributed by atoms with Crippen LogP contribution in [-0.4, -0.2) is 43.2 Å². The van der Waals surface area contributed by atoms with Crippen LogP contribution < -0.4 is 10.2 Å². The first kappa shape index (κ1) is 13.4.